The molecule has 0 aliphatic heterocycles. The Morgan fingerprint density at radius 3 is 2.42 bits per heavy atom. The molecule has 0 radical (unpaired) electrons. The van der Waals surface area contributed by atoms with Gasteiger partial charge in [-0.15, -0.1) is 21.8 Å². The average Bonchev–Trinajstić information content (AvgIpc) is 2.82. The van der Waals surface area contributed by atoms with Gasteiger partial charge in [0, 0.05) is 5.69 Å². The number of hydrogen-bond donors (Lipinski definition) is 2. The van der Waals surface area contributed by atoms with Crippen molar-refractivity contribution >= 4 is 17.6 Å². The third kappa shape index (κ3) is 2.91. The Morgan fingerprint density at radius 1 is 1.26 bits per heavy atom. The quantitative estimate of drug-likeness (QED) is 0.800. The largest absolute Gasteiger partial charge is 0.481 e. The van der Waals surface area contributed by atoms with Gasteiger partial charge in [-0.25, -0.2) is 0 Å². The number of halogens is 1. The molecule has 2 rings (SSSR count). The maximum absolute atomic E-state index is 10.6. The lowest BCUT2D eigenvalue weighted by Gasteiger charge is -2.08. The number of hydrogen-bond acceptors (Lipinski definition) is 4. The molecule has 100 valence electrons. The number of rotatable bonds is 5. The standard InChI is InChI=1S/C12H13ClN4O2/c13-6-10-15-16-11(7-14)17(10)9-3-1-8(2-4-9)5-12(18)19/h1-4H,5-7,14H2,(H,18,19). The molecular weight excluding hydrogens is 268 g/mol. The van der Waals surface area contributed by atoms with Gasteiger partial charge in [-0.2, -0.15) is 0 Å². The molecule has 0 unspecified atom stereocenters. The zero-order valence-electron chi connectivity index (χ0n) is 10.1. The van der Waals surface area contributed by atoms with Crippen molar-refractivity contribution in [3.05, 3.63) is 41.5 Å². The molecule has 0 aliphatic rings. The summed E-state index contributed by atoms with van der Waals surface area (Å²) in [6, 6.07) is 7.11. The molecule has 0 atom stereocenters. The number of nitrogens with two attached hydrogens (primary N) is 1. The van der Waals surface area contributed by atoms with Gasteiger partial charge >= 0.3 is 5.97 Å². The van der Waals surface area contributed by atoms with Crippen molar-refractivity contribution in [3.63, 3.8) is 0 Å². The Hall–Kier alpha value is -1.92. The number of benzene rings is 1. The smallest absolute Gasteiger partial charge is 0.307 e. The van der Waals surface area contributed by atoms with Crippen LogP contribution in [0.3, 0.4) is 0 Å². The topological polar surface area (TPSA) is 94.0 Å². The van der Waals surface area contributed by atoms with Gasteiger partial charge in [-0.05, 0) is 17.7 Å². The number of aromatic nitrogens is 3. The summed E-state index contributed by atoms with van der Waals surface area (Å²) in [4.78, 5) is 10.6. The van der Waals surface area contributed by atoms with Crippen molar-refractivity contribution in [2.75, 3.05) is 0 Å². The Morgan fingerprint density at radius 2 is 1.89 bits per heavy atom. The number of carboxylic acids is 1. The van der Waals surface area contributed by atoms with Gasteiger partial charge in [-0.1, -0.05) is 12.1 Å². The second-order valence-corrected chi connectivity index (χ2v) is 4.21. The van der Waals surface area contributed by atoms with Crippen molar-refractivity contribution < 1.29 is 9.90 Å². The summed E-state index contributed by atoms with van der Waals surface area (Å²) in [6.07, 6.45) is -0.00539. The maximum atomic E-state index is 10.6. The molecule has 2 aromatic rings. The SMILES string of the molecule is NCc1nnc(CCl)n1-c1ccc(CC(=O)O)cc1. The van der Waals surface area contributed by atoms with E-state index in [9.17, 15) is 4.79 Å². The van der Waals surface area contributed by atoms with Crippen LogP contribution in [0.5, 0.6) is 0 Å². The predicted octanol–water partition coefficient (Wildman–Crippen LogP) is 1.09. The molecule has 0 saturated heterocycles. The normalized spacial score (nSPS) is 10.6. The van der Waals surface area contributed by atoms with E-state index in [0.29, 0.717) is 11.6 Å². The van der Waals surface area contributed by atoms with Gasteiger partial charge in [0.1, 0.15) is 0 Å². The van der Waals surface area contributed by atoms with Gasteiger partial charge in [0.25, 0.3) is 0 Å². The molecule has 1 aromatic heterocycles. The molecule has 7 heteroatoms. The Labute approximate surface area is 114 Å². The monoisotopic (exact) mass is 280 g/mol. The van der Waals surface area contributed by atoms with E-state index in [1.807, 2.05) is 0 Å². The van der Waals surface area contributed by atoms with Crippen molar-refractivity contribution in [3.8, 4) is 5.69 Å². The molecule has 0 aliphatic carbocycles. The van der Waals surface area contributed by atoms with Gasteiger partial charge < -0.3 is 10.8 Å². The van der Waals surface area contributed by atoms with Gasteiger partial charge in [-0.3, -0.25) is 9.36 Å². The second kappa shape index (κ2) is 5.81. The average molecular weight is 281 g/mol. The van der Waals surface area contributed by atoms with Crippen LogP contribution in [0.25, 0.3) is 5.69 Å². The van der Waals surface area contributed by atoms with Crippen molar-refractivity contribution in [2.24, 2.45) is 5.73 Å². The molecular formula is C12H13ClN4O2. The summed E-state index contributed by atoms with van der Waals surface area (Å²) in [5.74, 6) is 0.583. The highest BCUT2D eigenvalue weighted by atomic mass is 35.5. The molecule has 0 bridgehead atoms. The molecule has 1 aromatic carbocycles. The minimum absolute atomic E-state index is 0.00539. The number of nitrogens with zero attached hydrogens (tertiary/aromatic N) is 3. The van der Waals surface area contributed by atoms with E-state index in [0.717, 1.165) is 11.3 Å². The van der Waals surface area contributed by atoms with Gasteiger partial charge in [0.2, 0.25) is 0 Å². The third-order valence-electron chi connectivity index (χ3n) is 2.65. The lowest BCUT2D eigenvalue weighted by Crippen LogP contribution is -2.09. The molecule has 0 amide bonds. The van der Waals surface area contributed by atoms with E-state index in [4.69, 9.17) is 22.4 Å². The van der Waals surface area contributed by atoms with Crippen LogP contribution in [-0.2, 0) is 23.6 Å². The van der Waals surface area contributed by atoms with Crippen LogP contribution in [0.1, 0.15) is 17.2 Å². The first-order valence-corrected chi connectivity index (χ1v) is 6.19. The highest BCUT2D eigenvalue weighted by molar-refractivity contribution is 6.16. The Balaban J connectivity index is 2.36. The molecule has 3 N–H and O–H groups in total. The first-order valence-electron chi connectivity index (χ1n) is 5.66. The minimum Gasteiger partial charge on any atom is -0.481 e. The van der Waals surface area contributed by atoms with Gasteiger partial charge in [0.15, 0.2) is 11.6 Å². The fourth-order valence-corrected chi connectivity index (χ4v) is 1.98. The van der Waals surface area contributed by atoms with Crippen LogP contribution in [-0.4, -0.2) is 25.8 Å². The zero-order chi connectivity index (χ0) is 13.8. The lowest BCUT2D eigenvalue weighted by atomic mass is 10.1. The third-order valence-corrected chi connectivity index (χ3v) is 2.89. The highest BCUT2D eigenvalue weighted by Gasteiger charge is 2.12. The molecule has 0 saturated carbocycles. The molecule has 0 spiro atoms. The zero-order valence-corrected chi connectivity index (χ0v) is 10.8. The highest BCUT2D eigenvalue weighted by Crippen LogP contribution is 2.16. The summed E-state index contributed by atoms with van der Waals surface area (Å²) < 4.78 is 1.78. The van der Waals surface area contributed by atoms with Gasteiger partial charge in [0.05, 0.1) is 18.8 Å². The van der Waals surface area contributed by atoms with Crippen LogP contribution < -0.4 is 5.73 Å². The van der Waals surface area contributed by atoms with Crippen LogP contribution in [0, 0.1) is 0 Å². The van der Waals surface area contributed by atoms with E-state index < -0.39 is 5.97 Å². The predicted molar refractivity (Wildman–Crippen MR) is 70.1 cm³/mol. The Kier molecular flexibility index (Phi) is 4.13. The lowest BCUT2D eigenvalue weighted by molar-refractivity contribution is -0.136. The van der Waals surface area contributed by atoms with Crippen molar-refractivity contribution in [1.29, 1.82) is 0 Å². The number of carbonyl (C=O) groups is 1. The van der Waals surface area contributed by atoms with E-state index in [1.54, 1.807) is 28.8 Å². The molecule has 0 fully saturated rings. The second-order valence-electron chi connectivity index (χ2n) is 3.94. The fourth-order valence-electron chi connectivity index (χ4n) is 1.81. The number of aliphatic carboxylic acids is 1. The van der Waals surface area contributed by atoms with Crippen LogP contribution in [0.2, 0.25) is 0 Å². The van der Waals surface area contributed by atoms with Crippen LogP contribution in [0.4, 0.5) is 0 Å². The van der Waals surface area contributed by atoms with Crippen molar-refractivity contribution in [1.82, 2.24) is 14.8 Å². The minimum atomic E-state index is -0.860. The molecule has 19 heavy (non-hydrogen) atoms. The van der Waals surface area contributed by atoms with Crippen molar-refractivity contribution in [2.45, 2.75) is 18.8 Å². The van der Waals surface area contributed by atoms with Crippen LogP contribution >= 0.6 is 11.6 Å². The van der Waals surface area contributed by atoms with E-state index in [1.165, 1.54) is 0 Å². The summed E-state index contributed by atoms with van der Waals surface area (Å²) in [5, 5.41) is 16.6. The van der Waals surface area contributed by atoms with Crippen LogP contribution in [0.15, 0.2) is 24.3 Å². The van der Waals surface area contributed by atoms with E-state index in [2.05, 4.69) is 10.2 Å². The fraction of sp³-hybridized carbons (Fsp3) is 0.250. The summed E-state index contributed by atoms with van der Waals surface area (Å²) in [6.45, 7) is 0.251. The van der Waals surface area contributed by atoms with E-state index in [-0.39, 0.29) is 18.8 Å². The number of alkyl halides is 1. The van der Waals surface area contributed by atoms with E-state index >= 15 is 0 Å². The molecule has 6 nitrogen and oxygen atoms in total. The maximum Gasteiger partial charge on any atom is 0.307 e. The first-order chi connectivity index (χ1) is 9.15. The first kappa shape index (κ1) is 13.5. The molecule has 1 heterocycles. The summed E-state index contributed by atoms with van der Waals surface area (Å²) in [7, 11) is 0. The summed E-state index contributed by atoms with van der Waals surface area (Å²) >= 11 is 5.81. The summed E-state index contributed by atoms with van der Waals surface area (Å²) in [5.41, 5.74) is 7.15. The number of carboxylic acid groups (broad SMARTS) is 1. The Bertz CT molecular complexity index is 558.